The number of benzene rings is 1. The molecule has 0 spiro atoms. The molecule has 1 aromatic carbocycles. The van der Waals surface area contributed by atoms with Crippen molar-refractivity contribution in [1.82, 2.24) is 29.7 Å². The van der Waals surface area contributed by atoms with E-state index in [-0.39, 0.29) is 42.2 Å². The van der Waals surface area contributed by atoms with E-state index in [2.05, 4.69) is 27.4 Å². The van der Waals surface area contributed by atoms with Crippen molar-refractivity contribution >= 4 is 51.6 Å². The van der Waals surface area contributed by atoms with Crippen LogP contribution >= 0.6 is 11.6 Å². The number of hydrogen-bond acceptors (Lipinski definition) is 7. The van der Waals surface area contributed by atoms with Crippen LogP contribution in [-0.2, 0) is 10.2 Å². The molecule has 2 N–H and O–H groups in total. The SMILES string of the molecule is CC(C)n1cnc2cc(-c3cnc4c(c3)N([C@H]3C[C@@](C)(N5CCC[C@@H](F)C5)C3)C(=O)C4(C)C)nc(Nc3cc(C(=O)NC4(C(F)F)CC4)c(Cl)c(F)c3F)c21. The van der Waals surface area contributed by atoms with Crippen LogP contribution < -0.4 is 15.5 Å². The number of nitrogens with one attached hydrogen (secondary N) is 2. The Morgan fingerprint density at radius 1 is 1.05 bits per heavy atom. The molecule has 2 amide bonds. The van der Waals surface area contributed by atoms with Crippen LogP contribution in [-0.4, -0.2) is 79.0 Å². The molecule has 292 valence electrons. The first kappa shape index (κ1) is 37.5. The standard InChI is InChI=1S/C39H42ClF5N8O2/c1-19(2)52-18-47-26-13-24(48-33(31(26)52)49-25-12-23(28(40)30(43)29(25)42)34(54)50-39(8-9-39)35(44)45)20-11-27-32(46-16-20)37(3,4)36(55)53(27)22-14-38(5,15-22)51-10-6-7-21(41)17-51/h11-13,16,18-19,21-22,35H,6-10,14-15,17H2,1-5H3,(H,48,49)(H,50,54)/t21-,22-,38+/m1/s1. The lowest BCUT2D eigenvalue weighted by Gasteiger charge is -2.56. The summed E-state index contributed by atoms with van der Waals surface area (Å²) in [6.07, 6.45) is 2.31. The summed E-state index contributed by atoms with van der Waals surface area (Å²) in [5.41, 5.74) is -0.837. The monoisotopic (exact) mass is 784 g/mol. The average Bonchev–Trinajstić information content (AvgIpc) is 3.73. The summed E-state index contributed by atoms with van der Waals surface area (Å²) < 4.78 is 74.3. The Morgan fingerprint density at radius 3 is 2.44 bits per heavy atom. The Bertz CT molecular complexity index is 2240. The smallest absolute Gasteiger partial charge is 0.261 e. The van der Waals surface area contributed by atoms with Crippen molar-refractivity contribution in [1.29, 1.82) is 0 Å². The maximum absolute atomic E-state index is 15.6. The van der Waals surface area contributed by atoms with Crippen molar-refractivity contribution in [2.24, 2.45) is 0 Å². The van der Waals surface area contributed by atoms with Gasteiger partial charge < -0.3 is 20.1 Å². The molecule has 2 aliphatic heterocycles. The van der Waals surface area contributed by atoms with Gasteiger partial charge in [0, 0.05) is 35.9 Å². The fourth-order valence-electron chi connectivity index (χ4n) is 8.44. The van der Waals surface area contributed by atoms with Gasteiger partial charge in [-0.1, -0.05) is 11.6 Å². The van der Waals surface area contributed by atoms with Crippen molar-refractivity contribution in [2.75, 3.05) is 23.3 Å². The number of imidazole rings is 1. The molecule has 2 aliphatic carbocycles. The zero-order valence-electron chi connectivity index (χ0n) is 31.1. The van der Waals surface area contributed by atoms with Gasteiger partial charge in [0.05, 0.1) is 50.6 Å². The molecular weight excluding hydrogens is 743 g/mol. The number of pyridine rings is 2. The molecule has 2 saturated carbocycles. The third kappa shape index (κ3) is 6.12. The number of carbonyl (C=O) groups is 2. The highest BCUT2D eigenvalue weighted by atomic mass is 35.5. The number of likely N-dealkylation sites (tertiary alicyclic amines) is 1. The molecule has 3 fully saturated rings. The van der Waals surface area contributed by atoms with Gasteiger partial charge >= 0.3 is 0 Å². The van der Waals surface area contributed by atoms with E-state index in [9.17, 15) is 22.8 Å². The molecule has 16 heteroatoms. The maximum Gasteiger partial charge on any atom is 0.261 e. The van der Waals surface area contributed by atoms with E-state index in [1.165, 1.54) is 0 Å². The predicted molar refractivity (Wildman–Crippen MR) is 199 cm³/mol. The van der Waals surface area contributed by atoms with Crippen LogP contribution in [0, 0.1) is 11.6 Å². The summed E-state index contributed by atoms with van der Waals surface area (Å²) in [5.74, 6) is -4.01. The second-order valence-electron chi connectivity index (χ2n) is 16.6. The van der Waals surface area contributed by atoms with Gasteiger partial charge in [-0.3, -0.25) is 19.5 Å². The van der Waals surface area contributed by atoms with Crippen molar-refractivity contribution in [2.45, 2.75) is 114 Å². The Morgan fingerprint density at radius 2 is 1.78 bits per heavy atom. The van der Waals surface area contributed by atoms with Crippen LogP contribution in [0.25, 0.3) is 22.3 Å². The van der Waals surface area contributed by atoms with Gasteiger partial charge in [-0.25, -0.2) is 31.9 Å². The lowest BCUT2D eigenvalue weighted by molar-refractivity contribution is -0.124. The van der Waals surface area contributed by atoms with Gasteiger partial charge in [-0.2, -0.15) is 0 Å². The van der Waals surface area contributed by atoms with E-state index >= 15 is 8.78 Å². The minimum absolute atomic E-state index is 0.0388. The number of alkyl halides is 3. The molecular formula is C39H42ClF5N8O2. The van der Waals surface area contributed by atoms with Crippen LogP contribution in [0.2, 0.25) is 5.02 Å². The lowest BCUT2D eigenvalue weighted by Crippen LogP contribution is -2.64. The fourth-order valence-corrected chi connectivity index (χ4v) is 8.67. The highest BCUT2D eigenvalue weighted by Gasteiger charge is 2.55. The maximum atomic E-state index is 15.6. The first-order chi connectivity index (χ1) is 25.9. The Kier molecular flexibility index (Phi) is 8.95. The first-order valence-corrected chi connectivity index (χ1v) is 19.0. The summed E-state index contributed by atoms with van der Waals surface area (Å²) in [5, 5.41) is 4.24. The van der Waals surface area contributed by atoms with Gasteiger partial charge in [0.1, 0.15) is 17.2 Å². The summed E-state index contributed by atoms with van der Waals surface area (Å²) in [7, 11) is 0. The quantitative estimate of drug-likeness (QED) is 0.130. The molecule has 8 rings (SSSR count). The fraction of sp³-hybridized carbons (Fsp3) is 0.513. The van der Waals surface area contributed by atoms with Crippen molar-refractivity contribution in [3.05, 3.63) is 58.6 Å². The molecule has 0 bridgehead atoms. The Hall–Kier alpha value is -4.37. The first-order valence-electron chi connectivity index (χ1n) is 18.6. The zero-order valence-corrected chi connectivity index (χ0v) is 31.9. The number of aromatic nitrogens is 4. The molecule has 10 nitrogen and oxygen atoms in total. The molecule has 1 atom stereocenters. The van der Waals surface area contributed by atoms with E-state index in [1.54, 1.807) is 23.2 Å². The van der Waals surface area contributed by atoms with Crippen LogP contribution in [0.1, 0.15) is 95.2 Å². The summed E-state index contributed by atoms with van der Waals surface area (Å²) in [4.78, 5) is 45.3. The number of nitrogens with zero attached hydrogens (tertiary/aromatic N) is 6. The highest BCUT2D eigenvalue weighted by Crippen LogP contribution is 2.50. The van der Waals surface area contributed by atoms with Gasteiger partial charge in [0.2, 0.25) is 5.91 Å². The van der Waals surface area contributed by atoms with Gasteiger partial charge in [-0.05, 0) is 97.9 Å². The number of amides is 2. The normalized spacial score (nSPS) is 24.4. The summed E-state index contributed by atoms with van der Waals surface area (Å²) in [6, 6.07) is 4.31. The number of halogens is 6. The second-order valence-corrected chi connectivity index (χ2v) is 16.9. The molecule has 5 heterocycles. The number of rotatable bonds is 9. The lowest BCUT2D eigenvalue weighted by atomic mass is 9.71. The van der Waals surface area contributed by atoms with Gasteiger partial charge in [-0.15, -0.1) is 0 Å². The molecule has 0 unspecified atom stereocenters. The van der Waals surface area contributed by atoms with Crippen molar-refractivity contribution in [3.63, 3.8) is 0 Å². The third-order valence-corrected chi connectivity index (χ3v) is 12.3. The van der Waals surface area contributed by atoms with E-state index in [4.69, 9.17) is 21.6 Å². The number of fused-ring (bicyclic) bond motifs is 2. The second kappa shape index (κ2) is 13.1. The molecule has 4 aliphatic rings. The van der Waals surface area contributed by atoms with Crippen LogP contribution in [0.3, 0.4) is 0 Å². The molecule has 4 aromatic rings. The predicted octanol–water partition coefficient (Wildman–Crippen LogP) is 8.26. The van der Waals surface area contributed by atoms with Crippen molar-refractivity contribution in [3.8, 4) is 11.3 Å². The summed E-state index contributed by atoms with van der Waals surface area (Å²) >= 11 is 6.06. The number of carbonyl (C=O) groups excluding carboxylic acids is 2. The Balaban J connectivity index is 1.16. The van der Waals surface area contributed by atoms with Crippen LogP contribution in [0.15, 0.2) is 30.7 Å². The number of piperidine rings is 1. The highest BCUT2D eigenvalue weighted by molar-refractivity contribution is 6.34. The van der Waals surface area contributed by atoms with E-state index in [1.807, 2.05) is 38.7 Å². The van der Waals surface area contributed by atoms with Gasteiger partial charge in [0.15, 0.2) is 17.5 Å². The van der Waals surface area contributed by atoms with Crippen LogP contribution in [0.4, 0.5) is 39.1 Å². The molecule has 55 heavy (non-hydrogen) atoms. The molecule has 0 radical (unpaired) electrons. The van der Waals surface area contributed by atoms with Crippen molar-refractivity contribution < 1.29 is 31.5 Å². The van der Waals surface area contributed by atoms with E-state index < -0.39 is 57.4 Å². The van der Waals surface area contributed by atoms with E-state index in [0.717, 1.165) is 19.0 Å². The molecule has 1 saturated heterocycles. The minimum atomic E-state index is -2.85. The minimum Gasteiger partial charge on any atom is -0.341 e. The average molecular weight is 785 g/mol. The molecule has 3 aromatic heterocycles. The third-order valence-electron chi connectivity index (χ3n) is 11.9. The Labute approximate surface area is 319 Å². The summed E-state index contributed by atoms with van der Waals surface area (Å²) in [6.45, 7) is 10.8. The van der Waals surface area contributed by atoms with Crippen LogP contribution in [0.5, 0.6) is 0 Å². The van der Waals surface area contributed by atoms with Gasteiger partial charge in [0.25, 0.3) is 12.3 Å². The van der Waals surface area contributed by atoms with E-state index in [0.29, 0.717) is 59.5 Å². The number of anilines is 3. The zero-order chi connectivity index (χ0) is 39.4. The largest absolute Gasteiger partial charge is 0.341 e. The number of hydrogen-bond donors (Lipinski definition) is 2. The topological polar surface area (TPSA) is 108 Å².